The highest BCUT2D eigenvalue weighted by Crippen LogP contribution is 2.21. The molecule has 0 fully saturated rings. The van der Waals surface area contributed by atoms with Crippen molar-refractivity contribution < 1.29 is 9.63 Å². The summed E-state index contributed by atoms with van der Waals surface area (Å²) in [5.74, 6) is -0.152. The van der Waals surface area contributed by atoms with Gasteiger partial charge >= 0.3 is 5.76 Å². The molecule has 0 bridgehead atoms. The highest BCUT2D eigenvalue weighted by atomic mass is 16.5. The van der Waals surface area contributed by atoms with Gasteiger partial charge in [-0.1, -0.05) is 47.6 Å². The molecule has 0 radical (unpaired) electrons. The molecule has 6 nitrogen and oxygen atoms in total. The number of nitrogens with zero attached hydrogens (tertiary/aromatic N) is 3. The molecule has 2 aromatic carbocycles. The summed E-state index contributed by atoms with van der Waals surface area (Å²) >= 11 is 0. The second kappa shape index (κ2) is 7.58. The molecular weight excluding hydrogens is 330 g/mol. The highest BCUT2D eigenvalue weighted by molar-refractivity contribution is 5.55. The predicted octanol–water partition coefficient (Wildman–Crippen LogP) is 2.62. The van der Waals surface area contributed by atoms with E-state index in [1.165, 1.54) is 4.57 Å². The molecule has 1 heterocycles. The maximum absolute atomic E-state index is 12.0. The molecule has 1 aromatic heterocycles. The number of hydrogen-bond acceptors (Lipinski definition) is 5. The van der Waals surface area contributed by atoms with Crippen LogP contribution < -0.4 is 10.7 Å². The molecule has 6 heteroatoms. The quantitative estimate of drug-likeness (QED) is 0.738. The lowest BCUT2D eigenvalue weighted by molar-refractivity contribution is 0.158. The third kappa shape index (κ3) is 3.86. The number of likely N-dealkylation sites (N-methyl/N-ethyl adjacent to an activating group) is 1. The number of aromatic nitrogens is 2. The first-order valence-corrected chi connectivity index (χ1v) is 8.54. The second-order valence-electron chi connectivity index (χ2n) is 6.57. The SMILES string of the molecule is Cc1ccc(C)c(N(C)CC(O)Cn2c(-c3ccccc3)noc2=O)c1. The predicted molar refractivity (Wildman–Crippen MR) is 101 cm³/mol. The van der Waals surface area contributed by atoms with E-state index in [2.05, 4.69) is 23.4 Å². The molecule has 3 aromatic rings. The van der Waals surface area contributed by atoms with Crippen LogP contribution in [0.4, 0.5) is 5.69 Å². The molecule has 0 aliphatic heterocycles. The van der Waals surface area contributed by atoms with Crippen molar-refractivity contribution in [1.29, 1.82) is 0 Å². The summed E-state index contributed by atoms with van der Waals surface area (Å²) in [5, 5.41) is 14.4. The van der Waals surface area contributed by atoms with Crippen LogP contribution >= 0.6 is 0 Å². The molecule has 1 unspecified atom stereocenters. The first-order valence-electron chi connectivity index (χ1n) is 8.54. The van der Waals surface area contributed by atoms with Crippen LogP contribution in [-0.4, -0.2) is 34.5 Å². The van der Waals surface area contributed by atoms with Crippen LogP contribution in [0.3, 0.4) is 0 Å². The molecule has 1 atom stereocenters. The van der Waals surface area contributed by atoms with Gasteiger partial charge in [0.05, 0.1) is 12.6 Å². The minimum Gasteiger partial charge on any atom is -0.389 e. The van der Waals surface area contributed by atoms with Crippen LogP contribution in [-0.2, 0) is 6.54 Å². The van der Waals surface area contributed by atoms with Gasteiger partial charge in [0.15, 0.2) is 5.82 Å². The van der Waals surface area contributed by atoms with Crippen molar-refractivity contribution in [3.8, 4) is 11.4 Å². The van der Waals surface area contributed by atoms with Gasteiger partial charge in [-0.3, -0.25) is 9.09 Å². The molecule has 0 aliphatic carbocycles. The summed E-state index contributed by atoms with van der Waals surface area (Å²) in [6.07, 6.45) is -0.750. The fourth-order valence-corrected chi connectivity index (χ4v) is 3.04. The standard InChI is InChI=1S/C20H23N3O3/c1-14-9-10-15(2)18(11-14)22(3)12-17(24)13-23-19(21-26-20(23)25)16-7-5-4-6-8-16/h4-11,17,24H,12-13H2,1-3H3. The number of benzene rings is 2. The Hall–Kier alpha value is -2.86. The van der Waals surface area contributed by atoms with Gasteiger partial charge in [0, 0.05) is 24.8 Å². The van der Waals surface area contributed by atoms with Crippen LogP contribution in [0, 0.1) is 13.8 Å². The molecule has 0 saturated heterocycles. The number of aryl methyl sites for hydroxylation is 2. The lowest BCUT2D eigenvalue weighted by Crippen LogP contribution is -2.34. The van der Waals surface area contributed by atoms with E-state index in [1.54, 1.807) is 0 Å². The van der Waals surface area contributed by atoms with Gasteiger partial charge in [0.2, 0.25) is 0 Å². The number of anilines is 1. The minimum absolute atomic E-state index is 0.113. The molecule has 3 rings (SSSR count). The zero-order valence-electron chi connectivity index (χ0n) is 15.2. The van der Waals surface area contributed by atoms with Gasteiger partial charge in [-0.2, -0.15) is 0 Å². The first-order chi connectivity index (χ1) is 12.5. The zero-order valence-corrected chi connectivity index (χ0v) is 15.2. The van der Waals surface area contributed by atoms with Gasteiger partial charge in [-0.25, -0.2) is 4.79 Å². The normalized spacial score (nSPS) is 12.2. The Morgan fingerprint density at radius 1 is 1.19 bits per heavy atom. The molecule has 0 spiro atoms. The van der Waals surface area contributed by atoms with E-state index in [1.807, 2.05) is 56.1 Å². The van der Waals surface area contributed by atoms with Gasteiger partial charge < -0.3 is 10.0 Å². The average Bonchev–Trinajstić information content (AvgIpc) is 2.98. The van der Waals surface area contributed by atoms with Crippen LogP contribution in [0.1, 0.15) is 11.1 Å². The number of rotatable bonds is 6. The lowest BCUT2D eigenvalue weighted by atomic mass is 10.1. The van der Waals surface area contributed by atoms with Gasteiger partial charge in [0.25, 0.3) is 0 Å². The Bertz CT molecular complexity index is 931. The lowest BCUT2D eigenvalue weighted by Gasteiger charge is -2.25. The van der Waals surface area contributed by atoms with E-state index in [0.717, 1.165) is 22.4 Å². The van der Waals surface area contributed by atoms with Gasteiger partial charge in [-0.05, 0) is 31.0 Å². The molecule has 0 aliphatic rings. The molecule has 0 amide bonds. The first kappa shape index (κ1) is 17.9. The highest BCUT2D eigenvalue weighted by Gasteiger charge is 2.18. The van der Waals surface area contributed by atoms with Crippen LogP contribution in [0.15, 0.2) is 57.8 Å². The second-order valence-corrected chi connectivity index (χ2v) is 6.57. The molecule has 1 N–H and O–H groups in total. The van der Waals surface area contributed by atoms with E-state index in [4.69, 9.17) is 4.52 Å². The average molecular weight is 353 g/mol. The minimum atomic E-state index is -0.750. The Balaban J connectivity index is 1.77. The summed E-state index contributed by atoms with van der Waals surface area (Å²) in [6.45, 7) is 4.57. The zero-order chi connectivity index (χ0) is 18.7. The van der Waals surface area contributed by atoms with Gasteiger partial charge in [-0.15, -0.1) is 0 Å². The Kier molecular flexibility index (Phi) is 5.23. The van der Waals surface area contributed by atoms with Crippen molar-refractivity contribution in [2.75, 3.05) is 18.5 Å². The summed E-state index contributed by atoms with van der Waals surface area (Å²) < 4.78 is 6.18. The van der Waals surface area contributed by atoms with Crippen LogP contribution in [0.5, 0.6) is 0 Å². The Labute approximate surface area is 152 Å². The van der Waals surface area contributed by atoms with Gasteiger partial charge in [0.1, 0.15) is 0 Å². The van der Waals surface area contributed by atoms with E-state index in [9.17, 15) is 9.90 Å². The Morgan fingerprint density at radius 2 is 1.92 bits per heavy atom. The summed E-state index contributed by atoms with van der Waals surface area (Å²) in [4.78, 5) is 14.0. The largest absolute Gasteiger partial charge is 0.441 e. The summed E-state index contributed by atoms with van der Waals surface area (Å²) in [5.41, 5.74) is 4.13. The monoisotopic (exact) mass is 353 g/mol. The molecule has 26 heavy (non-hydrogen) atoms. The van der Waals surface area contributed by atoms with Crippen LogP contribution in [0.25, 0.3) is 11.4 Å². The number of aliphatic hydroxyl groups is 1. The van der Waals surface area contributed by atoms with Crippen molar-refractivity contribution in [2.45, 2.75) is 26.5 Å². The summed E-state index contributed by atoms with van der Waals surface area (Å²) in [7, 11) is 1.93. The third-order valence-electron chi connectivity index (χ3n) is 4.37. The van der Waals surface area contributed by atoms with E-state index in [0.29, 0.717) is 12.4 Å². The van der Waals surface area contributed by atoms with E-state index < -0.39 is 11.9 Å². The van der Waals surface area contributed by atoms with Crippen molar-refractivity contribution >= 4 is 5.69 Å². The molecule has 136 valence electrons. The van der Waals surface area contributed by atoms with E-state index >= 15 is 0 Å². The topological polar surface area (TPSA) is 71.5 Å². The smallest absolute Gasteiger partial charge is 0.389 e. The van der Waals surface area contributed by atoms with Crippen molar-refractivity contribution in [1.82, 2.24) is 9.72 Å². The van der Waals surface area contributed by atoms with Crippen molar-refractivity contribution in [2.24, 2.45) is 0 Å². The van der Waals surface area contributed by atoms with E-state index in [-0.39, 0.29) is 6.54 Å². The van der Waals surface area contributed by atoms with Crippen molar-refractivity contribution in [3.63, 3.8) is 0 Å². The fourth-order valence-electron chi connectivity index (χ4n) is 3.04. The Morgan fingerprint density at radius 3 is 2.65 bits per heavy atom. The third-order valence-corrected chi connectivity index (χ3v) is 4.37. The van der Waals surface area contributed by atoms with Crippen LogP contribution in [0.2, 0.25) is 0 Å². The molecule has 0 saturated carbocycles. The number of aliphatic hydroxyl groups excluding tert-OH is 1. The maximum Gasteiger partial charge on any atom is 0.441 e. The molecular formula is C20H23N3O3. The number of hydrogen-bond donors (Lipinski definition) is 1. The maximum atomic E-state index is 12.0. The van der Waals surface area contributed by atoms with Crippen molar-refractivity contribution in [3.05, 3.63) is 70.2 Å². The fraction of sp³-hybridized carbons (Fsp3) is 0.300. The summed E-state index contributed by atoms with van der Waals surface area (Å²) in [6, 6.07) is 15.5.